The van der Waals surface area contributed by atoms with Gasteiger partial charge in [0, 0.05) is 22.5 Å². The number of hydrogen-bond acceptors (Lipinski definition) is 4. The minimum absolute atomic E-state index is 0.229. The molecule has 4 atom stereocenters. The van der Waals surface area contributed by atoms with Crippen molar-refractivity contribution in [3.05, 3.63) is 69.2 Å². The van der Waals surface area contributed by atoms with Crippen LogP contribution in [-0.2, 0) is 15.0 Å². The van der Waals surface area contributed by atoms with Crippen LogP contribution in [-0.4, -0.2) is 40.4 Å². The molecular formula is C25H23Cl2F5N2O4. The van der Waals surface area contributed by atoms with Crippen LogP contribution in [0.15, 0.2) is 36.4 Å². The van der Waals surface area contributed by atoms with Crippen LogP contribution in [0.25, 0.3) is 0 Å². The van der Waals surface area contributed by atoms with Gasteiger partial charge in [0.1, 0.15) is 23.1 Å². The lowest BCUT2D eigenvalue weighted by molar-refractivity contribution is -0.192. The number of aliphatic carboxylic acids is 2. The predicted molar refractivity (Wildman–Crippen MR) is 129 cm³/mol. The molecule has 3 rings (SSSR count). The van der Waals surface area contributed by atoms with Crippen LogP contribution in [0.5, 0.6) is 0 Å². The Kier molecular flexibility index (Phi) is 9.41. The summed E-state index contributed by atoms with van der Waals surface area (Å²) >= 11 is 11.9. The molecule has 1 fully saturated rings. The van der Waals surface area contributed by atoms with E-state index in [1.54, 1.807) is 24.3 Å². The lowest BCUT2D eigenvalue weighted by Gasteiger charge is -2.37. The molecule has 0 saturated carbocycles. The molecule has 1 aliphatic heterocycles. The zero-order chi connectivity index (χ0) is 29.2. The fourth-order valence-electron chi connectivity index (χ4n) is 4.53. The first-order valence-corrected chi connectivity index (χ1v) is 11.7. The minimum Gasteiger partial charge on any atom is -0.480 e. The number of rotatable bonds is 4. The molecule has 1 heterocycles. The third-order valence-electron chi connectivity index (χ3n) is 5.93. The van der Waals surface area contributed by atoms with Crippen LogP contribution in [0.4, 0.5) is 22.0 Å². The molecule has 0 aliphatic carbocycles. The van der Waals surface area contributed by atoms with Gasteiger partial charge in [0.05, 0.1) is 11.1 Å². The summed E-state index contributed by atoms with van der Waals surface area (Å²) in [5, 5.41) is 30.5. The first kappa shape index (κ1) is 31.3. The van der Waals surface area contributed by atoms with E-state index in [4.69, 9.17) is 33.1 Å². The first-order chi connectivity index (χ1) is 17.3. The topological polar surface area (TPSA) is 110 Å². The number of nitrogens with one attached hydrogen (secondary N) is 1. The quantitative estimate of drug-likeness (QED) is 0.288. The van der Waals surface area contributed by atoms with Gasteiger partial charge in [-0.2, -0.15) is 18.4 Å². The number of hydrogen-bond donors (Lipinski definition) is 3. The number of halogens is 7. The van der Waals surface area contributed by atoms with Gasteiger partial charge in [-0.05, 0) is 41.7 Å². The highest BCUT2D eigenvalue weighted by molar-refractivity contribution is 6.31. The zero-order valence-electron chi connectivity index (χ0n) is 20.2. The monoisotopic (exact) mass is 580 g/mol. The van der Waals surface area contributed by atoms with Crippen LogP contribution in [0.1, 0.15) is 44.2 Å². The summed E-state index contributed by atoms with van der Waals surface area (Å²) < 4.78 is 61.4. The molecule has 13 heteroatoms. The van der Waals surface area contributed by atoms with Gasteiger partial charge in [0.2, 0.25) is 0 Å². The molecule has 3 N–H and O–H groups in total. The van der Waals surface area contributed by atoms with Gasteiger partial charge < -0.3 is 10.2 Å². The van der Waals surface area contributed by atoms with Crippen molar-refractivity contribution in [2.24, 2.45) is 5.41 Å². The molecule has 0 amide bonds. The Bertz CT molecular complexity index is 1260. The minimum atomic E-state index is -5.08. The van der Waals surface area contributed by atoms with Gasteiger partial charge in [-0.1, -0.05) is 56.1 Å². The van der Waals surface area contributed by atoms with E-state index in [0.29, 0.717) is 17.0 Å². The van der Waals surface area contributed by atoms with Gasteiger partial charge in [0.15, 0.2) is 0 Å². The van der Waals surface area contributed by atoms with E-state index in [1.807, 2.05) is 20.8 Å². The summed E-state index contributed by atoms with van der Waals surface area (Å²) in [6.07, 6.45) is -4.74. The number of nitriles is 1. The number of carboxylic acids is 2. The average molecular weight is 581 g/mol. The fourth-order valence-corrected chi connectivity index (χ4v) is 4.88. The lowest BCUT2D eigenvalue weighted by atomic mass is 9.63. The van der Waals surface area contributed by atoms with Crippen molar-refractivity contribution in [2.45, 2.75) is 56.8 Å². The van der Waals surface area contributed by atoms with Crippen molar-refractivity contribution in [3.63, 3.8) is 0 Å². The molecule has 4 unspecified atom stereocenters. The molecule has 0 aromatic heterocycles. The maximum Gasteiger partial charge on any atom is 0.490 e. The third kappa shape index (κ3) is 6.73. The van der Waals surface area contributed by atoms with Crippen molar-refractivity contribution >= 4 is 35.1 Å². The second kappa shape index (κ2) is 11.4. The second-order valence-electron chi connectivity index (χ2n) is 9.86. The summed E-state index contributed by atoms with van der Waals surface area (Å²) in [5.74, 6) is -6.74. The highest BCUT2D eigenvalue weighted by atomic mass is 35.5. The van der Waals surface area contributed by atoms with Crippen LogP contribution < -0.4 is 5.32 Å². The normalized spacial score (nSPS) is 23.2. The Labute approximate surface area is 225 Å². The Morgan fingerprint density at radius 2 is 1.66 bits per heavy atom. The fraction of sp³-hybridized carbons (Fsp3) is 0.400. The third-order valence-corrected chi connectivity index (χ3v) is 6.45. The number of carbonyl (C=O) groups is 2. The number of benzene rings is 2. The SMILES string of the molecule is CC(C)(C)CC1NC(C(=O)O)C(c2cccc(Cl)c2)C1(C#N)c1cc(F)c(Cl)cc1F.O=C(O)C(F)(F)F. The Balaban J connectivity index is 0.000000638. The van der Waals surface area contributed by atoms with E-state index >= 15 is 4.39 Å². The summed E-state index contributed by atoms with van der Waals surface area (Å²) in [7, 11) is 0. The summed E-state index contributed by atoms with van der Waals surface area (Å²) in [6, 6.07) is 8.36. The maximum atomic E-state index is 15.2. The lowest BCUT2D eigenvalue weighted by Crippen LogP contribution is -2.44. The molecule has 206 valence electrons. The van der Waals surface area contributed by atoms with Gasteiger partial charge in [0.25, 0.3) is 0 Å². The van der Waals surface area contributed by atoms with Crippen molar-refractivity contribution in [1.82, 2.24) is 5.32 Å². The smallest absolute Gasteiger partial charge is 0.480 e. The Morgan fingerprint density at radius 1 is 1.08 bits per heavy atom. The van der Waals surface area contributed by atoms with Crippen LogP contribution in [0.2, 0.25) is 10.0 Å². The highest BCUT2D eigenvalue weighted by Gasteiger charge is 2.60. The first-order valence-electron chi connectivity index (χ1n) is 11.0. The van der Waals surface area contributed by atoms with Crippen molar-refractivity contribution in [1.29, 1.82) is 5.26 Å². The summed E-state index contributed by atoms with van der Waals surface area (Å²) in [5.41, 5.74) is -1.85. The van der Waals surface area contributed by atoms with E-state index in [9.17, 15) is 32.7 Å². The van der Waals surface area contributed by atoms with E-state index in [1.165, 1.54) is 0 Å². The van der Waals surface area contributed by atoms with Crippen molar-refractivity contribution in [3.8, 4) is 6.07 Å². The molecule has 38 heavy (non-hydrogen) atoms. The largest absolute Gasteiger partial charge is 0.490 e. The maximum absolute atomic E-state index is 15.2. The Morgan fingerprint density at radius 3 is 2.11 bits per heavy atom. The number of carboxylic acid groups (broad SMARTS) is 2. The second-order valence-corrected chi connectivity index (χ2v) is 10.7. The van der Waals surface area contributed by atoms with E-state index in [2.05, 4.69) is 11.4 Å². The molecule has 0 spiro atoms. The summed E-state index contributed by atoms with van der Waals surface area (Å²) in [4.78, 5) is 21.1. The van der Waals surface area contributed by atoms with Crippen LogP contribution in [0, 0.1) is 28.4 Å². The predicted octanol–water partition coefficient (Wildman–Crippen LogP) is 6.31. The van der Waals surface area contributed by atoms with Crippen molar-refractivity contribution < 1.29 is 41.8 Å². The Hall–Kier alpha value is -2.94. The standard InChI is InChI=1S/C23H22Cl2F2N2O2.C2HF3O2/c1-22(2,3)10-18-23(11-28,14-8-17(27)15(25)9-16(14)26)19(20(29-18)21(30)31)12-5-4-6-13(24)7-12;3-2(4,5)1(6)7/h4-9,18-20,29H,10H2,1-3H3,(H,30,31);(H,6,7). The molecule has 0 bridgehead atoms. The van der Waals surface area contributed by atoms with Gasteiger partial charge >= 0.3 is 18.1 Å². The molecule has 6 nitrogen and oxygen atoms in total. The number of nitrogens with zero attached hydrogens (tertiary/aromatic N) is 1. The van der Waals surface area contributed by atoms with Gasteiger partial charge in [-0.25, -0.2) is 13.6 Å². The molecule has 1 aliphatic rings. The van der Waals surface area contributed by atoms with E-state index < -0.39 is 58.2 Å². The van der Waals surface area contributed by atoms with Crippen LogP contribution >= 0.6 is 23.2 Å². The molecule has 0 radical (unpaired) electrons. The number of alkyl halides is 3. The van der Waals surface area contributed by atoms with E-state index in [0.717, 1.165) is 12.1 Å². The molecule has 1 saturated heterocycles. The van der Waals surface area contributed by atoms with Gasteiger partial charge in [-0.15, -0.1) is 0 Å². The van der Waals surface area contributed by atoms with Gasteiger partial charge in [-0.3, -0.25) is 10.1 Å². The highest BCUT2D eigenvalue weighted by Crippen LogP contribution is 2.52. The van der Waals surface area contributed by atoms with Crippen molar-refractivity contribution in [2.75, 3.05) is 0 Å². The zero-order valence-corrected chi connectivity index (χ0v) is 21.7. The van der Waals surface area contributed by atoms with Crippen LogP contribution in [0.3, 0.4) is 0 Å². The van der Waals surface area contributed by atoms with E-state index in [-0.39, 0.29) is 11.0 Å². The summed E-state index contributed by atoms with van der Waals surface area (Å²) in [6.45, 7) is 5.79. The molecular weight excluding hydrogens is 558 g/mol. The molecule has 2 aromatic rings. The average Bonchev–Trinajstić information content (AvgIpc) is 3.09. The molecule has 2 aromatic carbocycles.